The molecule has 4 heteroatoms. The van der Waals surface area contributed by atoms with Gasteiger partial charge in [-0.1, -0.05) is 19.1 Å². The van der Waals surface area contributed by atoms with Crippen molar-refractivity contribution in [3.63, 3.8) is 0 Å². The number of esters is 1. The average Bonchev–Trinajstić information content (AvgIpc) is 2.29. The molecule has 0 aliphatic heterocycles. The largest absolute Gasteiger partial charge is 0.465 e. The number of nitrogens with one attached hydrogen (secondary N) is 1. The van der Waals surface area contributed by atoms with Crippen molar-refractivity contribution < 1.29 is 9.53 Å². The van der Waals surface area contributed by atoms with Gasteiger partial charge in [-0.15, -0.1) is 0 Å². The zero-order chi connectivity index (χ0) is 11.1. The molecule has 0 amide bonds. The van der Waals surface area contributed by atoms with Gasteiger partial charge in [0.05, 0.1) is 12.7 Å². The van der Waals surface area contributed by atoms with Crippen LogP contribution in [0.1, 0.15) is 23.7 Å². The van der Waals surface area contributed by atoms with Crippen molar-refractivity contribution in [1.82, 2.24) is 4.72 Å². The number of hydrogen-bond donors (Lipinski definition) is 1. The van der Waals surface area contributed by atoms with Gasteiger partial charge < -0.3 is 4.74 Å². The SMILES string of the molecule is CCCNSc1ccccc1C(=O)OC. The van der Waals surface area contributed by atoms with Crippen LogP contribution in [0, 0.1) is 0 Å². The van der Waals surface area contributed by atoms with Crippen molar-refractivity contribution in [1.29, 1.82) is 0 Å². The summed E-state index contributed by atoms with van der Waals surface area (Å²) in [4.78, 5) is 12.3. The highest BCUT2D eigenvalue weighted by atomic mass is 32.2. The molecule has 82 valence electrons. The topological polar surface area (TPSA) is 38.3 Å². The highest BCUT2D eigenvalue weighted by Gasteiger charge is 2.10. The van der Waals surface area contributed by atoms with Gasteiger partial charge in [0.2, 0.25) is 0 Å². The lowest BCUT2D eigenvalue weighted by Crippen LogP contribution is -2.07. The first-order valence-electron chi connectivity index (χ1n) is 4.86. The summed E-state index contributed by atoms with van der Waals surface area (Å²) in [6.45, 7) is 3.01. The molecule has 0 saturated carbocycles. The van der Waals surface area contributed by atoms with E-state index in [1.165, 1.54) is 19.1 Å². The van der Waals surface area contributed by atoms with Gasteiger partial charge in [0.1, 0.15) is 0 Å². The third-order valence-corrected chi connectivity index (χ3v) is 2.75. The van der Waals surface area contributed by atoms with Crippen molar-refractivity contribution >= 4 is 17.9 Å². The van der Waals surface area contributed by atoms with Gasteiger partial charge in [-0.2, -0.15) is 0 Å². The molecule has 0 fully saturated rings. The number of benzene rings is 1. The highest BCUT2D eigenvalue weighted by Crippen LogP contribution is 2.20. The van der Waals surface area contributed by atoms with E-state index in [9.17, 15) is 4.79 Å². The first-order chi connectivity index (χ1) is 7.29. The molecule has 3 nitrogen and oxygen atoms in total. The van der Waals surface area contributed by atoms with Gasteiger partial charge in [0.15, 0.2) is 0 Å². The van der Waals surface area contributed by atoms with Crippen molar-refractivity contribution in [3.05, 3.63) is 29.8 Å². The molecular weight excluding hydrogens is 210 g/mol. The Labute approximate surface area is 94.3 Å². The summed E-state index contributed by atoms with van der Waals surface area (Å²) in [7, 11) is 1.39. The molecule has 0 aromatic heterocycles. The number of carbonyl (C=O) groups excluding carboxylic acids is 1. The third-order valence-electron chi connectivity index (χ3n) is 1.83. The van der Waals surface area contributed by atoms with Crippen LogP contribution in [0.4, 0.5) is 0 Å². The molecule has 0 heterocycles. The summed E-state index contributed by atoms with van der Waals surface area (Å²) >= 11 is 1.46. The predicted molar refractivity (Wildman–Crippen MR) is 61.9 cm³/mol. The molecule has 1 aromatic carbocycles. The average molecular weight is 225 g/mol. The van der Waals surface area contributed by atoms with E-state index in [1.54, 1.807) is 6.07 Å². The van der Waals surface area contributed by atoms with Crippen molar-refractivity contribution in [2.24, 2.45) is 0 Å². The normalized spacial score (nSPS) is 10.0. The fourth-order valence-electron chi connectivity index (χ4n) is 1.07. The monoisotopic (exact) mass is 225 g/mol. The summed E-state index contributed by atoms with van der Waals surface area (Å²) in [6.07, 6.45) is 1.06. The molecule has 0 bridgehead atoms. The van der Waals surface area contributed by atoms with Crippen LogP contribution in [0.15, 0.2) is 29.2 Å². The van der Waals surface area contributed by atoms with Gasteiger partial charge in [0.25, 0.3) is 0 Å². The molecule has 0 aliphatic rings. The Morgan fingerprint density at radius 3 is 2.87 bits per heavy atom. The Morgan fingerprint density at radius 1 is 1.47 bits per heavy atom. The minimum Gasteiger partial charge on any atom is -0.465 e. The van der Waals surface area contributed by atoms with E-state index in [4.69, 9.17) is 4.74 Å². The standard InChI is InChI=1S/C11H15NO2S/c1-3-8-12-15-10-7-5-4-6-9(10)11(13)14-2/h4-7,12H,3,8H2,1-2H3. The van der Waals surface area contributed by atoms with Crippen LogP contribution < -0.4 is 4.72 Å². The minimum atomic E-state index is -0.295. The number of rotatable bonds is 5. The molecule has 1 aromatic rings. The second kappa shape index (κ2) is 6.48. The van der Waals surface area contributed by atoms with Crippen LogP contribution in [0.5, 0.6) is 0 Å². The number of ether oxygens (including phenoxy) is 1. The number of carbonyl (C=O) groups is 1. The van der Waals surface area contributed by atoms with E-state index in [1.807, 2.05) is 18.2 Å². The maximum Gasteiger partial charge on any atom is 0.339 e. The van der Waals surface area contributed by atoms with Crippen LogP contribution in [-0.2, 0) is 4.74 Å². The summed E-state index contributed by atoms with van der Waals surface area (Å²) in [5.41, 5.74) is 0.605. The van der Waals surface area contributed by atoms with E-state index >= 15 is 0 Å². The zero-order valence-electron chi connectivity index (χ0n) is 8.95. The Bertz CT molecular complexity index is 328. The van der Waals surface area contributed by atoms with Crippen LogP contribution in [0.25, 0.3) is 0 Å². The van der Waals surface area contributed by atoms with Crippen LogP contribution >= 0.6 is 11.9 Å². The van der Waals surface area contributed by atoms with E-state index in [0.29, 0.717) is 5.56 Å². The Kier molecular flexibility index (Phi) is 5.21. The second-order valence-electron chi connectivity index (χ2n) is 2.98. The summed E-state index contributed by atoms with van der Waals surface area (Å²) in [5.74, 6) is -0.295. The Balaban J connectivity index is 2.73. The molecule has 0 saturated heterocycles. The predicted octanol–water partition coefficient (Wildman–Crippen LogP) is 2.48. The lowest BCUT2D eigenvalue weighted by atomic mass is 10.2. The molecular formula is C11H15NO2S. The second-order valence-corrected chi connectivity index (χ2v) is 3.92. The van der Waals surface area contributed by atoms with E-state index < -0.39 is 0 Å². The van der Waals surface area contributed by atoms with Gasteiger partial charge >= 0.3 is 5.97 Å². The van der Waals surface area contributed by atoms with Crippen LogP contribution in [-0.4, -0.2) is 19.6 Å². The maximum atomic E-state index is 11.4. The first-order valence-corrected chi connectivity index (χ1v) is 5.68. The van der Waals surface area contributed by atoms with Gasteiger partial charge in [-0.05, 0) is 30.5 Å². The fraction of sp³-hybridized carbons (Fsp3) is 0.364. The lowest BCUT2D eigenvalue weighted by Gasteiger charge is -2.07. The first kappa shape index (κ1) is 12.1. The molecule has 0 spiro atoms. The molecule has 0 atom stereocenters. The molecule has 15 heavy (non-hydrogen) atoms. The van der Waals surface area contributed by atoms with Crippen LogP contribution in [0.3, 0.4) is 0 Å². The fourth-order valence-corrected chi connectivity index (χ4v) is 1.93. The maximum absolute atomic E-state index is 11.4. The summed E-state index contributed by atoms with van der Waals surface area (Å²) in [5, 5.41) is 0. The quantitative estimate of drug-likeness (QED) is 0.474. The lowest BCUT2D eigenvalue weighted by molar-refractivity contribution is 0.0597. The van der Waals surface area contributed by atoms with Gasteiger partial charge in [-0.3, -0.25) is 4.72 Å². The van der Waals surface area contributed by atoms with Gasteiger partial charge in [0, 0.05) is 11.4 Å². The number of methoxy groups -OCH3 is 1. The zero-order valence-corrected chi connectivity index (χ0v) is 9.76. The summed E-state index contributed by atoms with van der Waals surface area (Å²) in [6, 6.07) is 7.40. The summed E-state index contributed by atoms with van der Waals surface area (Å²) < 4.78 is 7.88. The third kappa shape index (κ3) is 3.57. The Morgan fingerprint density at radius 2 is 2.20 bits per heavy atom. The van der Waals surface area contributed by atoms with E-state index in [2.05, 4.69) is 11.6 Å². The molecule has 0 aliphatic carbocycles. The molecule has 1 rings (SSSR count). The van der Waals surface area contributed by atoms with Crippen molar-refractivity contribution in [3.8, 4) is 0 Å². The molecule has 1 N–H and O–H groups in total. The Hall–Kier alpha value is -1.00. The van der Waals surface area contributed by atoms with E-state index in [0.717, 1.165) is 17.9 Å². The smallest absolute Gasteiger partial charge is 0.339 e. The highest BCUT2D eigenvalue weighted by molar-refractivity contribution is 7.97. The molecule has 0 radical (unpaired) electrons. The van der Waals surface area contributed by atoms with Gasteiger partial charge in [-0.25, -0.2) is 4.79 Å². The van der Waals surface area contributed by atoms with Crippen LogP contribution in [0.2, 0.25) is 0 Å². The number of hydrogen-bond acceptors (Lipinski definition) is 4. The van der Waals surface area contributed by atoms with Crippen molar-refractivity contribution in [2.75, 3.05) is 13.7 Å². The molecule has 0 unspecified atom stereocenters. The van der Waals surface area contributed by atoms with Crippen molar-refractivity contribution in [2.45, 2.75) is 18.2 Å². The minimum absolute atomic E-state index is 0.295. The van der Waals surface area contributed by atoms with E-state index in [-0.39, 0.29) is 5.97 Å².